The van der Waals surface area contributed by atoms with E-state index in [1.165, 1.54) is 0 Å². The lowest BCUT2D eigenvalue weighted by Crippen LogP contribution is -2.45. The number of amides is 2. The van der Waals surface area contributed by atoms with E-state index in [4.69, 9.17) is 4.74 Å². The molecule has 1 N–H and O–H groups in total. The summed E-state index contributed by atoms with van der Waals surface area (Å²) in [5.74, 6) is 0.0629. The molecule has 1 atom stereocenters. The molecule has 0 aliphatic carbocycles. The monoisotopic (exact) mass is 256 g/mol. The van der Waals surface area contributed by atoms with Gasteiger partial charge in [0, 0.05) is 26.1 Å². The number of carbonyl (C=O) groups is 2. The fraction of sp³-hybridized carbons (Fsp3) is 0.846. The van der Waals surface area contributed by atoms with E-state index >= 15 is 0 Å². The third-order valence-electron chi connectivity index (χ3n) is 2.84. The van der Waals surface area contributed by atoms with Gasteiger partial charge in [-0.3, -0.25) is 4.79 Å². The molecule has 1 saturated heterocycles. The van der Waals surface area contributed by atoms with Crippen molar-refractivity contribution >= 4 is 12.0 Å². The zero-order valence-electron chi connectivity index (χ0n) is 11.8. The summed E-state index contributed by atoms with van der Waals surface area (Å²) in [4.78, 5) is 24.9. The van der Waals surface area contributed by atoms with Crippen molar-refractivity contribution in [1.29, 1.82) is 0 Å². The van der Waals surface area contributed by atoms with Crippen LogP contribution in [0.15, 0.2) is 0 Å². The molecule has 0 saturated carbocycles. The molecule has 18 heavy (non-hydrogen) atoms. The molecule has 0 unspecified atom stereocenters. The number of nitrogens with zero attached hydrogens (tertiary/aromatic N) is 1. The molecule has 0 spiro atoms. The lowest BCUT2D eigenvalue weighted by molar-refractivity contribution is -0.129. The maximum absolute atomic E-state index is 11.7. The Bertz CT molecular complexity index is 310. The van der Waals surface area contributed by atoms with Gasteiger partial charge in [0.2, 0.25) is 5.91 Å². The third-order valence-corrected chi connectivity index (χ3v) is 2.84. The number of rotatable bonds is 1. The van der Waals surface area contributed by atoms with Crippen LogP contribution in [0.2, 0.25) is 0 Å². The Morgan fingerprint density at radius 1 is 1.28 bits per heavy atom. The summed E-state index contributed by atoms with van der Waals surface area (Å²) < 4.78 is 5.22. The van der Waals surface area contributed by atoms with Gasteiger partial charge in [-0.2, -0.15) is 0 Å². The van der Waals surface area contributed by atoms with E-state index in [1.807, 2.05) is 20.8 Å². The molecule has 2 amide bonds. The largest absolute Gasteiger partial charge is 0.444 e. The standard InChI is InChI=1S/C13H24N2O3/c1-10(16)15-8-6-5-7-11(9-15)14-12(17)18-13(2,3)4/h11H,5-9H2,1-4H3,(H,14,17)/t11-/m0/s1. The van der Waals surface area contributed by atoms with Gasteiger partial charge in [0.15, 0.2) is 0 Å². The highest BCUT2D eigenvalue weighted by atomic mass is 16.6. The van der Waals surface area contributed by atoms with Crippen LogP contribution in [0, 0.1) is 0 Å². The van der Waals surface area contributed by atoms with Gasteiger partial charge in [0.05, 0.1) is 0 Å². The fourth-order valence-electron chi connectivity index (χ4n) is 2.02. The number of ether oxygens (including phenoxy) is 1. The highest BCUT2D eigenvalue weighted by Gasteiger charge is 2.23. The van der Waals surface area contributed by atoms with Gasteiger partial charge in [-0.15, -0.1) is 0 Å². The van der Waals surface area contributed by atoms with Gasteiger partial charge in [0.25, 0.3) is 0 Å². The van der Waals surface area contributed by atoms with E-state index < -0.39 is 11.7 Å². The normalized spacial score (nSPS) is 21.1. The van der Waals surface area contributed by atoms with Crippen LogP contribution in [0.3, 0.4) is 0 Å². The minimum Gasteiger partial charge on any atom is -0.444 e. The smallest absolute Gasteiger partial charge is 0.407 e. The maximum Gasteiger partial charge on any atom is 0.407 e. The number of nitrogens with one attached hydrogen (secondary N) is 1. The number of likely N-dealkylation sites (tertiary alicyclic amines) is 1. The van der Waals surface area contributed by atoms with Crippen LogP contribution in [0.1, 0.15) is 47.0 Å². The first-order valence-electron chi connectivity index (χ1n) is 6.53. The molecule has 104 valence electrons. The summed E-state index contributed by atoms with van der Waals surface area (Å²) in [6.07, 6.45) is 2.50. The molecule has 0 bridgehead atoms. The summed E-state index contributed by atoms with van der Waals surface area (Å²) in [5, 5.41) is 2.85. The van der Waals surface area contributed by atoms with E-state index in [1.54, 1.807) is 11.8 Å². The predicted molar refractivity (Wildman–Crippen MR) is 69.3 cm³/mol. The molecule has 0 aromatic rings. The summed E-state index contributed by atoms with van der Waals surface area (Å²) in [6, 6.07) is -0.00810. The Hall–Kier alpha value is -1.26. The number of alkyl carbamates (subject to hydrolysis) is 1. The van der Waals surface area contributed by atoms with Crippen molar-refractivity contribution < 1.29 is 14.3 Å². The first-order chi connectivity index (χ1) is 8.28. The topological polar surface area (TPSA) is 58.6 Å². The number of hydrogen-bond donors (Lipinski definition) is 1. The average Bonchev–Trinajstić information content (AvgIpc) is 2.40. The van der Waals surface area contributed by atoms with Crippen LogP contribution in [-0.4, -0.2) is 41.6 Å². The molecular weight excluding hydrogens is 232 g/mol. The summed E-state index contributed by atoms with van der Waals surface area (Å²) in [5.41, 5.74) is -0.491. The van der Waals surface area contributed by atoms with Gasteiger partial charge in [-0.25, -0.2) is 4.79 Å². The number of carbonyl (C=O) groups excluding carboxylic acids is 2. The van der Waals surface area contributed by atoms with Crippen LogP contribution in [0.4, 0.5) is 4.79 Å². The van der Waals surface area contributed by atoms with Crippen LogP contribution >= 0.6 is 0 Å². The number of hydrogen-bond acceptors (Lipinski definition) is 3. The summed E-state index contributed by atoms with van der Waals surface area (Å²) in [6.45, 7) is 8.43. The van der Waals surface area contributed by atoms with E-state index in [2.05, 4.69) is 5.32 Å². The van der Waals surface area contributed by atoms with Crippen molar-refractivity contribution in [2.24, 2.45) is 0 Å². The van der Waals surface area contributed by atoms with Crippen molar-refractivity contribution in [2.45, 2.75) is 58.6 Å². The van der Waals surface area contributed by atoms with Gasteiger partial charge in [-0.1, -0.05) is 0 Å². The lowest BCUT2D eigenvalue weighted by atomic mass is 10.1. The van der Waals surface area contributed by atoms with E-state index in [-0.39, 0.29) is 11.9 Å². The first-order valence-corrected chi connectivity index (χ1v) is 6.53. The molecule has 1 aliphatic heterocycles. The molecule has 0 radical (unpaired) electrons. The maximum atomic E-state index is 11.7. The SMILES string of the molecule is CC(=O)N1CCCC[C@H](NC(=O)OC(C)(C)C)C1. The molecule has 1 heterocycles. The minimum absolute atomic E-state index is 0.00810. The molecule has 5 nitrogen and oxygen atoms in total. The van der Waals surface area contributed by atoms with Crippen molar-refractivity contribution in [2.75, 3.05) is 13.1 Å². The molecule has 0 aromatic heterocycles. The Kier molecular flexibility index (Phi) is 4.99. The molecular formula is C13H24N2O3. The van der Waals surface area contributed by atoms with Gasteiger partial charge >= 0.3 is 6.09 Å². The quantitative estimate of drug-likeness (QED) is 0.779. The molecule has 5 heteroatoms. The van der Waals surface area contributed by atoms with Crippen LogP contribution in [0.5, 0.6) is 0 Å². The lowest BCUT2D eigenvalue weighted by Gasteiger charge is -2.26. The molecule has 1 aliphatic rings. The van der Waals surface area contributed by atoms with Crippen LogP contribution in [-0.2, 0) is 9.53 Å². The predicted octanol–water partition coefficient (Wildman–Crippen LogP) is 1.91. The Morgan fingerprint density at radius 3 is 2.50 bits per heavy atom. The Balaban J connectivity index is 2.49. The highest BCUT2D eigenvalue weighted by molar-refractivity contribution is 5.73. The second kappa shape index (κ2) is 6.07. The fourth-order valence-corrected chi connectivity index (χ4v) is 2.02. The van der Waals surface area contributed by atoms with E-state index in [9.17, 15) is 9.59 Å². The zero-order chi connectivity index (χ0) is 13.8. The van der Waals surface area contributed by atoms with Crippen LogP contribution < -0.4 is 5.32 Å². The molecule has 1 rings (SSSR count). The van der Waals surface area contributed by atoms with Crippen LogP contribution in [0.25, 0.3) is 0 Å². The first kappa shape index (κ1) is 14.8. The van der Waals surface area contributed by atoms with Gasteiger partial charge in [-0.05, 0) is 40.0 Å². The molecule has 1 fully saturated rings. The Labute approximate surface area is 109 Å². The zero-order valence-corrected chi connectivity index (χ0v) is 11.8. The van der Waals surface area contributed by atoms with Gasteiger partial charge < -0.3 is 15.0 Å². The second-order valence-corrected chi connectivity index (χ2v) is 5.80. The van der Waals surface area contributed by atoms with E-state index in [0.717, 1.165) is 25.8 Å². The van der Waals surface area contributed by atoms with Crippen molar-refractivity contribution in [3.63, 3.8) is 0 Å². The second-order valence-electron chi connectivity index (χ2n) is 5.80. The molecule has 0 aromatic carbocycles. The third kappa shape index (κ3) is 5.38. The Morgan fingerprint density at radius 2 is 1.94 bits per heavy atom. The average molecular weight is 256 g/mol. The van der Waals surface area contributed by atoms with Crippen molar-refractivity contribution in [3.8, 4) is 0 Å². The summed E-state index contributed by atoms with van der Waals surface area (Å²) in [7, 11) is 0. The summed E-state index contributed by atoms with van der Waals surface area (Å²) >= 11 is 0. The van der Waals surface area contributed by atoms with Gasteiger partial charge in [0.1, 0.15) is 5.60 Å². The van der Waals surface area contributed by atoms with Crippen molar-refractivity contribution in [3.05, 3.63) is 0 Å². The van der Waals surface area contributed by atoms with E-state index in [0.29, 0.717) is 6.54 Å². The van der Waals surface area contributed by atoms with Crippen molar-refractivity contribution in [1.82, 2.24) is 10.2 Å². The minimum atomic E-state index is -0.491. The highest BCUT2D eigenvalue weighted by Crippen LogP contribution is 2.12.